The lowest BCUT2D eigenvalue weighted by atomic mass is 10.1. The maximum absolute atomic E-state index is 5.95. The van der Waals surface area contributed by atoms with Gasteiger partial charge in [-0.1, -0.05) is 23.7 Å². The van der Waals surface area contributed by atoms with Gasteiger partial charge < -0.3 is 10.3 Å². The monoisotopic (exact) mass is 250 g/mol. The van der Waals surface area contributed by atoms with E-state index in [2.05, 4.69) is 17.1 Å². The number of hydrogen-bond donors (Lipinski definition) is 1. The third-order valence-corrected chi connectivity index (χ3v) is 2.89. The van der Waals surface area contributed by atoms with Gasteiger partial charge in [-0.2, -0.15) is 0 Å². The molecule has 0 atom stereocenters. The first-order chi connectivity index (χ1) is 8.24. The SMILES string of the molecule is CCn1c(CN)nnc1Cc1cccc(Cl)c1. The summed E-state index contributed by atoms with van der Waals surface area (Å²) in [4.78, 5) is 0. The summed E-state index contributed by atoms with van der Waals surface area (Å²) in [5.41, 5.74) is 6.74. The molecule has 1 heterocycles. The lowest BCUT2D eigenvalue weighted by Gasteiger charge is -2.06. The van der Waals surface area contributed by atoms with Gasteiger partial charge in [-0.05, 0) is 24.6 Å². The lowest BCUT2D eigenvalue weighted by Crippen LogP contribution is -2.10. The van der Waals surface area contributed by atoms with Crippen LogP contribution in [0, 0.1) is 0 Å². The summed E-state index contributed by atoms with van der Waals surface area (Å²) < 4.78 is 2.04. The molecular weight excluding hydrogens is 236 g/mol. The Morgan fingerprint density at radius 1 is 1.29 bits per heavy atom. The zero-order valence-corrected chi connectivity index (χ0v) is 10.5. The number of aromatic nitrogens is 3. The number of halogens is 1. The van der Waals surface area contributed by atoms with E-state index in [1.807, 2.05) is 28.8 Å². The predicted molar refractivity (Wildman–Crippen MR) is 67.8 cm³/mol. The average Bonchev–Trinajstić information content (AvgIpc) is 2.71. The summed E-state index contributed by atoms with van der Waals surface area (Å²) in [6.45, 7) is 3.30. The lowest BCUT2D eigenvalue weighted by molar-refractivity contribution is 0.668. The van der Waals surface area contributed by atoms with E-state index in [1.54, 1.807) is 0 Å². The summed E-state index contributed by atoms with van der Waals surface area (Å²) in [5, 5.41) is 8.99. The van der Waals surface area contributed by atoms with Gasteiger partial charge in [-0.25, -0.2) is 0 Å². The van der Waals surface area contributed by atoms with Crippen LogP contribution in [-0.2, 0) is 19.5 Å². The van der Waals surface area contributed by atoms with Crippen LogP contribution in [0.15, 0.2) is 24.3 Å². The minimum absolute atomic E-state index is 0.413. The van der Waals surface area contributed by atoms with Gasteiger partial charge in [0.1, 0.15) is 11.6 Å². The zero-order chi connectivity index (χ0) is 12.3. The summed E-state index contributed by atoms with van der Waals surface area (Å²) in [6.07, 6.45) is 0.724. The van der Waals surface area contributed by atoms with E-state index in [0.29, 0.717) is 6.54 Å². The normalized spacial score (nSPS) is 10.8. The first-order valence-electron chi connectivity index (χ1n) is 5.60. The van der Waals surface area contributed by atoms with Crippen LogP contribution in [0.4, 0.5) is 0 Å². The highest BCUT2D eigenvalue weighted by Crippen LogP contribution is 2.14. The fraction of sp³-hybridized carbons (Fsp3) is 0.333. The Morgan fingerprint density at radius 3 is 2.71 bits per heavy atom. The van der Waals surface area contributed by atoms with Crippen molar-refractivity contribution in [2.45, 2.75) is 26.4 Å². The van der Waals surface area contributed by atoms with E-state index >= 15 is 0 Å². The van der Waals surface area contributed by atoms with Crippen molar-refractivity contribution in [3.8, 4) is 0 Å². The molecule has 2 aromatic rings. The van der Waals surface area contributed by atoms with E-state index in [-0.39, 0.29) is 0 Å². The van der Waals surface area contributed by atoms with Crippen LogP contribution >= 0.6 is 11.6 Å². The quantitative estimate of drug-likeness (QED) is 0.903. The Hall–Kier alpha value is -1.39. The Balaban J connectivity index is 2.27. The van der Waals surface area contributed by atoms with Crippen molar-refractivity contribution in [2.75, 3.05) is 0 Å². The van der Waals surface area contributed by atoms with Crippen LogP contribution in [0.5, 0.6) is 0 Å². The molecule has 5 heteroatoms. The molecule has 2 rings (SSSR count). The third kappa shape index (κ3) is 2.65. The molecule has 0 saturated heterocycles. The predicted octanol–water partition coefficient (Wildman–Crippen LogP) is 2.00. The van der Waals surface area contributed by atoms with Crippen LogP contribution < -0.4 is 5.73 Å². The Labute approximate surface area is 105 Å². The maximum Gasteiger partial charge on any atom is 0.146 e. The van der Waals surface area contributed by atoms with E-state index in [9.17, 15) is 0 Å². The van der Waals surface area contributed by atoms with Crippen molar-refractivity contribution in [2.24, 2.45) is 5.73 Å². The molecule has 4 nitrogen and oxygen atoms in total. The maximum atomic E-state index is 5.95. The molecule has 90 valence electrons. The number of rotatable bonds is 4. The molecule has 0 unspecified atom stereocenters. The fourth-order valence-corrected chi connectivity index (χ4v) is 2.06. The number of nitrogens with two attached hydrogens (primary N) is 1. The van der Waals surface area contributed by atoms with Crippen LogP contribution in [0.2, 0.25) is 5.02 Å². The third-order valence-electron chi connectivity index (χ3n) is 2.65. The Morgan fingerprint density at radius 2 is 2.06 bits per heavy atom. The van der Waals surface area contributed by atoms with Crippen molar-refractivity contribution in [3.63, 3.8) is 0 Å². The van der Waals surface area contributed by atoms with E-state index in [1.165, 1.54) is 0 Å². The second-order valence-electron chi connectivity index (χ2n) is 3.79. The minimum Gasteiger partial charge on any atom is -0.324 e. The van der Waals surface area contributed by atoms with Gasteiger partial charge in [-0.3, -0.25) is 0 Å². The Kier molecular flexibility index (Phi) is 3.76. The fourth-order valence-electron chi connectivity index (χ4n) is 1.85. The molecule has 0 bridgehead atoms. The molecule has 17 heavy (non-hydrogen) atoms. The molecule has 0 radical (unpaired) electrons. The van der Waals surface area contributed by atoms with E-state index in [4.69, 9.17) is 17.3 Å². The smallest absolute Gasteiger partial charge is 0.146 e. The van der Waals surface area contributed by atoms with E-state index in [0.717, 1.165) is 35.2 Å². The van der Waals surface area contributed by atoms with Crippen LogP contribution in [-0.4, -0.2) is 14.8 Å². The zero-order valence-electron chi connectivity index (χ0n) is 9.73. The van der Waals surface area contributed by atoms with Gasteiger partial charge in [0, 0.05) is 18.0 Å². The van der Waals surface area contributed by atoms with Gasteiger partial charge >= 0.3 is 0 Å². The molecule has 0 saturated carbocycles. The highest BCUT2D eigenvalue weighted by Gasteiger charge is 2.09. The highest BCUT2D eigenvalue weighted by molar-refractivity contribution is 6.30. The number of nitrogens with zero attached hydrogens (tertiary/aromatic N) is 3. The van der Waals surface area contributed by atoms with Gasteiger partial charge in [0.05, 0.1) is 6.54 Å². The number of benzene rings is 1. The van der Waals surface area contributed by atoms with Crippen LogP contribution in [0.1, 0.15) is 24.1 Å². The molecule has 0 aliphatic heterocycles. The van der Waals surface area contributed by atoms with Crippen molar-refractivity contribution >= 4 is 11.6 Å². The molecule has 0 aliphatic carbocycles. The van der Waals surface area contributed by atoms with Gasteiger partial charge in [-0.15, -0.1) is 10.2 Å². The first-order valence-corrected chi connectivity index (χ1v) is 5.97. The first kappa shape index (κ1) is 12.1. The molecule has 0 amide bonds. The molecule has 0 aliphatic rings. The minimum atomic E-state index is 0.413. The van der Waals surface area contributed by atoms with Crippen molar-refractivity contribution < 1.29 is 0 Å². The molecule has 2 N–H and O–H groups in total. The summed E-state index contributed by atoms with van der Waals surface area (Å²) in [5.74, 6) is 1.75. The summed E-state index contributed by atoms with van der Waals surface area (Å²) in [7, 11) is 0. The van der Waals surface area contributed by atoms with Crippen LogP contribution in [0.25, 0.3) is 0 Å². The summed E-state index contributed by atoms with van der Waals surface area (Å²) >= 11 is 5.95. The summed E-state index contributed by atoms with van der Waals surface area (Å²) in [6, 6.07) is 7.77. The second kappa shape index (κ2) is 5.29. The van der Waals surface area contributed by atoms with Gasteiger partial charge in [0.15, 0.2) is 0 Å². The second-order valence-corrected chi connectivity index (χ2v) is 4.22. The van der Waals surface area contributed by atoms with Gasteiger partial charge in [0.25, 0.3) is 0 Å². The van der Waals surface area contributed by atoms with Gasteiger partial charge in [0.2, 0.25) is 0 Å². The largest absolute Gasteiger partial charge is 0.324 e. The molecule has 1 aromatic carbocycles. The standard InChI is InChI=1S/C12H15ClN4/c1-2-17-11(15-16-12(17)8-14)7-9-4-3-5-10(13)6-9/h3-6H,2,7-8,14H2,1H3. The molecule has 0 spiro atoms. The molecular formula is C12H15ClN4. The topological polar surface area (TPSA) is 56.7 Å². The molecule has 0 fully saturated rings. The number of hydrogen-bond acceptors (Lipinski definition) is 3. The van der Waals surface area contributed by atoms with E-state index < -0.39 is 0 Å². The average molecular weight is 251 g/mol. The Bertz CT molecular complexity index is 507. The van der Waals surface area contributed by atoms with Crippen molar-refractivity contribution in [1.82, 2.24) is 14.8 Å². The van der Waals surface area contributed by atoms with Crippen LogP contribution in [0.3, 0.4) is 0 Å². The molecule has 1 aromatic heterocycles. The van der Waals surface area contributed by atoms with Crippen molar-refractivity contribution in [1.29, 1.82) is 0 Å². The highest BCUT2D eigenvalue weighted by atomic mass is 35.5. The van der Waals surface area contributed by atoms with Crippen molar-refractivity contribution in [3.05, 3.63) is 46.5 Å².